The van der Waals surface area contributed by atoms with E-state index in [0.717, 1.165) is 11.5 Å². The average molecular weight is 399 g/mol. The minimum atomic E-state index is 0.125. The summed E-state index contributed by atoms with van der Waals surface area (Å²) in [5.41, 5.74) is 1.03. The van der Waals surface area contributed by atoms with E-state index in [1.807, 2.05) is 58.3 Å². The van der Waals surface area contributed by atoms with Crippen molar-refractivity contribution in [3.05, 3.63) is 58.5 Å². The number of aromatic nitrogens is 3. The van der Waals surface area contributed by atoms with E-state index in [-0.39, 0.29) is 5.91 Å². The highest BCUT2D eigenvalue weighted by Gasteiger charge is 2.30. The third-order valence-corrected chi connectivity index (χ3v) is 6.23. The molecule has 1 saturated carbocycles. The maximum atomic E-state index is 12.6. The van der Waals surface area contributed by atoms with E-state index >= 15 is 0 Å². The van der Waals surface area contributed by atoms with Crippen LogP contribution in [0.4, 0.5) is 0 Å². The van der Waals surface area contributed by atoms with Crippen molar-refractivity contribution in [1.29, 1.82) is 0 Å². The van der Waals surface area contributed by atoms with E-state index in [2.05, 4.69) is 11.2 Å². The van der Waals surface area contributed by atoms with Gasteiger partial charge < -0.3 is 4.90 Å². The van der Waals surface area contributed by atoms with Gasteiger partial charge in [0.1, 0.15) is 5.82 Å². The second kappa shape index (κ2) is 8.27. The lowest BCUT2D eigenvalue weighted by Crippen LogP contribution is -2.31. The summed E-state index contributed by atoms with van der Waals surface area (Å²) in [6.45, 7) is 3.40. The number of nitrogens with zero attached hydrogens (tertiary/aromatic N) is 4. The monoisotopic (exact) mass is 398 g/mol. The molecular formula is C20H22N4OS2. The summed E-state index contributed by atoms with van der Waals surface area (Å²) in [6, 6.07) is 14.2. The maximum Gasteiger partial charge on any atom is 0.233 e. The summed E-state index contributed by atoms with van der Waals surface area (Å²) in [4.78, 5) is 20.4. The van der Waals surface area contributed by atoms with Crippen LogP contribution in [0.5, 0.6) is 0 Å². The van der Waals surface area contributed by atoms with Crippen LogP contribution < -0.4 is 0 Å². The number of thioether (sulfide) groups is 1. The number of hydrogen-bond donors (Lipinski definition) is 0. The van der Waals surface area contributed by atoms with Crippen LogP contribution in [0.25, 0.3) is 5.69 Å². The van der Waals surface area contributed by atoms with Gasteiger partial charge in [-0.25, -0.2) is 9.67 Å². The Hall–Kier alpha value is -2.12. The smallest absolute Gasteiger partial charge is 0.233 e. The normalized spacial score (nSPS) is 13.7. The molecule has 0 bridgehead atoms. The molecule has 1 fully saturated rings. The van der Waals surface area contributed by atoms with Gasteiger partial charge in [0.05, 0.1) is 18.0 Å². The Balaban J connectivity index is 1.44. The zero-order valence-corrected chi connectivity index (χ0v) is 16.9. The molecule has 4 rings (SSSR count). The van der Waals surface area contributed by atoms with Crippen LogP contribution in [0.2, 0.25) is 0 Å². The number of carbonyl (C=O) groups is 1. The molecule has 0 radical (unpaired) electrons. The number of thiophene rings is 1. The zero-order chi connectivity index (χ0) is 18.6. The lowest BCUT2D eigenvalue weighted by molar-refractivity contribution is -0.128. The van der Waals surface area contributed by atoms with Gasteiger partial charge in [0.2, 0.25) is 11.1 Å². The molecule has 7 heteroatoms. The van der Waals surface area contributed by atoms with E-state index < -0.39 is 0 Å². The molecule has 1 aliphatic rings. The highest BCUT2D eigenvalue weighted by atomic mass is 32.2. The molecule has 140 valence electrons. The number of amides is 1. The lowest BCUT2D eigenvalue weighted by Gasteiger charge is -2.19. The summed E-state index contributed by atoms with van der Waals surface area (Å²) >= 11 is 3.11. The van der Waals surface area contributed by atoms with Crippen LogP contribution in [-0.2, 0) is 11.3 Å². The quantitative estimate of drug-likeness (QED) is 0.530. The fourth-order valence-electron chi connectivity index (χ4n) is 2.92. The van der Waals surface area contributed by atoms with E-state index in [0.29, 0.717) is 29.9 Å². The molecule has 1 amide bonds. The molecule has 2 aromatic heterocycles. The third-order valence-electron chi connectivity index (χ3n) is 4.54. The van der Waals surface area contributed by atoms with Crippen LogP contribution in [-0.4, -0.2) is 37.9 Å². The highest BCUT2D eigenvalue weighted by molar-refractivity contribution is 7.99. The van der Waals surface area contributed by atoms with Crippen LogP contribution >= 0.6 is 23.1 Å². The van der Waals surface area contributed by atoms with Crippen molar-refractivity contribution in [2.24, 2.45) is 0 Å². The van der Waals surface area contributed by atoms with E-state index in [1.54, 1.807) is 11.3 Å². The van der Waals surface area contributed by atoms with Crippen LogP contribution in [0.3, 0.4) is 0 Å². The Morgan fingerprint density at radius 3 is 2.74 bits per heavy atom. The molecule has 27 heavy (non-hydrogen) atoms. The van der Waals surface area contributed by atoms with Crippen molar-refractivity contribution in [3.8, 4) is 5.69 Å². The Morgan fingerprint density at radius 1 is 1.26 bits per heavy atom. The van der Waals surface area contributed by atoms with Gasteiger partial charge in [-0.2, -0.15) is 0 Å². The molecule has 5 nitrogen and oxygen atoms in total. The molecule has 0 aliphatic heterocycles. The number of para-hydroxylation sites is 1. The Kier molecular flexibility index (Phi) is 5.59. The van der Waals surface area contributed by atoms with Crippen LogP contribution in [0.15, 0.2) is 53.0 Å². The predicted molar refractivity (Wildman–Crippen MR) is 109 cm³/mol. The lowest BCUT2D eigenvalue weighted by atomic mass is 10.3. The first kappa shape index (κ1) is 18.3. The molecule has 3 aromatic rings. The second-order valence-corrected chi connectivity index (χ2v) is 8.52. The van der Waals surface area contributed by atoms with Crippen molar-refractivity contribution in [2.75, 3.05) is 12.3 Å². The molecular weight excluding hydrogens is 376 g/mol. The summed E-state index contributed by atoms with van der Waals surface area (Å²) in [7, 11) is 0. The van der Waals surface area contributed by atoms with Gasteiger partial charge in [-0.15, -0.1) is 16.4 Å². The Labute approximate surface area is 167 Å². The molecule has 1 aromatic carbocycles. The summed E-state index contributed by atoms with van der Waals surface area (Å²) < 4.78 is 1.94. The summed E-state index contributed by atoms with van der Waals surface area (Å²) in [5.74, 6) is 2.00. The molecule has 0 spiro atoms. The summed E-state index contributed by atoms with van der Waals surface area (Å²) in [5, 5.41) is 7.40. The first-order valence-corrected chi connectivity index (χ1v) is 11.1. The fraction of sp³-hybridized carbons (Fsp3) is 0.350. The van der Waals surface area contributed by atoms with Crippen LogP contribution in [0.1, 0.15) is 36.4 Å². The van der Waals surface area contributed by atoms with Gasteiger partial charge in [-0.1, -0.05) is 36.0 Å². The molecule has 0 saturated heterocycles. The van der Waals surface area contributed by atoms with E-state index in [9.17, 15) is 4.79 Å². The van der Waals surface area contributed by atoms with Gasteiger partial charge in [0.25, 0.3) is 0 Å². The van der Waals surface area contributed by atoms with Crippen molar-refractivity contribution < 1.29 is 4.79 Å². The molecule has 0 atom stereocenters. The zero-order valence-electron chi connectivity index (χ0n) is 15.2. The van der Waals surface area contributed by atoms with Crippen molar-refractivity contribution in [1.82, 2.24) is 19.7 Å². The first-order valence-electron chi connectivity index (χ1n) is 9.20. The van der Waals surface area contributed by atoms with Crippen molar-refractivity contribution >= 4 is 29.0 Å². The average Bonchev–Trinajstić information content (AvgIpc) is 3.25. The second-order valence-electron chi connectivity index (χ2n) is 6.55. The molecule has 2 heterocycles. The van der Waals surface area contributed by atoms with Gasteiger partial charge in [0, 0.05) is 17.3 Å². The number of benzene rings is 1. The van der Waals surface area contributed by atoms with E-state index in [4.69, 9.17) is 4.98 Å². The fourth-order valence-corrected chi connectivity index (χ4v) is 4.37. The van der Waals surface area contributed by atoms with Crippen LogP contribution in [0, 0.1) is 0 Å². The molecule has 0 unspecified atom stereocenters. The third kappa shape index (κ3) is 4.42. The van der Waals surface area contributed by atoms with Gasteiger partial charge in [-0.05, 0) is 43.3 Å². The highest BCUT2D eigenvalue weighted by Crippen LogP contribution is 2.40. The Morgan fingerprint density at radius 2 is 2.07 bits per heavy atom. The minimum Gasteiger partial charge on any atom is -0.337 e. The number of hydrogen-bond acceptors (Lipinski definition) is 5. The molecule has 1 aliphatic carbocycles. The Bertz CT molecular complexity index is 888. The van der Waals surface area contributed by atoms with Gasteiger partial charge >= 0.3 is 0 Å². The predicted octanol–water partition coefficient (Wildman–Crippen LogP) is 4.35. The van der Waals surface area contributed by atoms with E-state index in [1.165, 1.54) is 29.5 Å². The summed E-state index contributed by atoms with van der Waals surface area (Å²) in [6.07, 6.45) is 2.33. The molecule has 0 N–H and O–H groups in total. The SMILES string of the molecule is CCN(Cc1cccs1)C(=O)CSc1nc(C2CC2)n(-c2ccccc2)n1. The van der Waals surface area contributed by atoms with Crippen molar-refractivity contribution in [2.45, 2.75) is 37.4 Å². The van der Waals surface area contributed by atoms with Gasteiger partial charge in [-0.3, -0.25) is 4.79 Å². The standard InChI is InChI=1S/C20H22N4OS2/c1-2-23(13-17-9-6-12-26-17)18(25)14-27-20-21-19(15-10-11-15)24(22-20)16-7-4-3-5-8-16/h3-9,12,15H,2,10-11,13-14H2,1H3. The maximum absolute atomic E-state index is 12.6. The first-order chi connectivity index (χ1) is 13.2. The minimum absolute atomic E-state index is 0.125. The van der Waals surface area contributed by atoms with Crippen molar-refractivity contribution in [3.63, 3.8) is 0 Å². The van der Waals surface area contributed by atoms with Gasteiger partial charge in [0.15, 0.2) is 0 Å². The topological polar surface area (TPSA) is 51.0 Å². The largest absolute Gasteiger partial charge is 0.337 e. The number of rotatable bonds is 8. The number of carbonyl (C=O) groups excluding carboxylic acids is 1.